The third-order valence-electron chi connectivity index (χ3n) is 13.3. The van der Waals surface area contributed by atoms with Crippen LogP contribution in [0.2, 0.25) is 0 Å². The Balaban J connectivity index is 0.000000174. The van der Waals surface area contributed by atoms with E-state index < -0.39 is 5.60 Å². The van der Waals surface area contributed by atoms with Crippen LogP contribution in [0.15, 0.2) is 36.4 Å². The lowest BCUT2D eigenvalue weighted by Crippen LogP contribution is -2.46. The van der Waals surface area contributed by atoms with Gasteiger partial charge in [-0.25, -0.2) is 4.79 Å². The van der Waals surface area contributed by atoms with E-state index in [4.69, 9.17) is 4.74 Å². The van der Waals surface area contributed by atoms with Crippen LogP contribution in [0.25, 0.3) is 0 Å². The fourth-order valence-electron chi connectivity index (χ4n) is 10.4. The van der Waals surface area contributed by atoms with Gasteiger partial charge in [0.2, 0.25) is 11.8 Å². The molecular formula is C45H66N6O4. The van der Waals surface area contributed by atoms with Gasteiger partial charge in [0.15, 0.2) is 0 Å². The summed E-state index contributed by atoms with van der Waals surface area (Å²) in [6.45, 7) is 21.2. The summed E-state index contributed by atoms with van der Waals surface area (Å²) in [6.07, 6.45) is 11.3. The second-order valence-corrected chi connectivity index (χ2v) is 18.5. The highest BCUT2D eigenvalue weighted by Gasteiger charge is 2.43. The van der Waals surface area contributed by atoms with E-state index in [0.717, 1.165) is 96.6 Å². The lowest BCUT2D eigenvalue weighted by atomic mass is 9.78. The number of likely N-dealkylation sites (tertiary alicyclic amines) is 3. The zero-order chi connectivity index (χ0) is 38.8. The molecule has 0 saturated carbocycles. The molecule has 4 saturated heterocycles. The third-order valence-corrected chi connectivity index (χ3v) is 13.3. The lowest BCUT2D eigenvalue weighted by Gasteiger charge is -2.39. The SMILES string of the molecule is CC(=O)N1CCCc2cccc(CN3CCC4(CCN(C(=O)OC(C)(C)C)CC4)C3)c21.CC(=O)N1CCCc2cccc(CN3CCC4(CCNCC4)C3)c21. The normalized spacial score (nSPS) is 22.2. The predicted molar refractivity (Wildman–Crippen MR) is 219 cm³/mol. The van der Waals surface area contributed by atoms with E-state index in [0.29, 0.717) is 10.8 Å². The van der Waals surface area contributed by atoms with E-state index in [1.807, 2.05) is 35.5 Å². The zero-order valence-corrected chi connectivity index (χ0v) is 34.4. The Morgan fingerprint density at radius 2 is 1.11 bits per heavy atom. The van der Waals surface area contributed by atoms with Gasteiger partial charge in [0.05, 0.1) is 11.4 Å². The number of carbonyl (C=O) groups is 3. The monoisotopic (exact) mass is 755 g/mol. The van der Waals surface area contributed by atoms with Crippen molar-refractivity contribution in [1.29, 1.82) is 0 Å². The van der Waals surface area contributed by atoms with Crippen molar-refractivity contribution in [3.8, 4) is 0 Å². The number of piperidine rings is 2. The summed E-state index contributed by atoms with van der Waals surface area (Å²) < 4.78 is 5.55. The van der Waals surface area contributed by atoms with Crippen molar-refractivity contribution in [3.63, 3.8) is 0 Å². The minimum absolute atomic E-state index is 0.140. The first-order valence-corrected chi connectivity index (χ1v) is 21.2. The van der Waals surface area contributed by atoms with E-state index in [1.165, 1.54) is 79.8 Å². The molecule has 8 rings (SSSR count). The smallest absolute Gasteiger partial charge is 0.410 e. The first-order chi connectivity index (χ1) is 26.3. The highest BCUT2D eigenvalue weighted by atomic mass is 16.6. The Morgan fingerprint density at radius 1 is 0.655 bits per heavy atom. The number of nitrogens with one attached hydrogen (secondary N) is 1. The number of benzene rings is 2. The summed E-state index contributed by atoms with van der Waals surface area (Å²) in [7, 11) is 0. The van der Waals surface area contributed by atoms with Gasteiger partial charge in [-0.2, -0.15) is 0 Å². The molecule has 300 valence electrons. The molecule has 0 aliphatic carbocycles. The van der Waals surface area contributed by atoms with Gasteiger partial charge in [-0.1, -0.05) is 36.4 Å². The number of carbonyl (C=O) groups excluding carboxylic acids is 3. The number of aryl methyl sites for hydroxylation is 2. The minimum Gasteiger partial charge on any atom is -0.444 e. The molecule has 6 aliphatic heterocycles. The molecule has 6 heterocycles. The van der Waals surface area contributed by atoms with Crippen LogP contribution >= 0.6 is 0 Å². The average molecular weight is 755 g/mol. The van der Waals surface area contributed by atoms with Crippen LogP contribution in [0.1, 0.15) is 108 Å². The summed E-state index contributed by atoms with van der Waals surface area (Å²) in [5.41, 5.74) is 8.03. The van der Waals surface area contributed by atoms with Gasteiger partial charge in [0.25, 0.3) is 0 Å². The second-order valence-electron chi connectivity index (χ2n) is 18.5. The van der Waals surface area contributed by atoms with Gasteiger partial charge >= 0.3 is 6.09 Å². The Morgan fingerprint density at radius 3 is 1.56 bits per heavy atom. The largest absolute Gasteiger partial charge is 0.444 e. The predicted octanol–water partition coefficient (Wildman–Crippen LogP) is 6.77. The van der Waals surface area contributed by atoms with Crippen LogP contribution in [0, 0.1) is 10.8 Å². The van der Waals surface area contributed by atoms with Crippen LogP contribution in [0.3, 0.4) is 0 Å². The van der Waals surface area contributed by atoms with Crippen LogP contribution in [-0.2, 0) is 40.3 Å². The highest BCUT2D eigenvalue weighted by molar-refractivity contribution is 5.94. The molecule has 10 nitrogen and oxygen atoms in total. The standard InChI is InChI=1S/C25H37N3O3.C20H29N3O/c1-19(29)28-13-6-9-20-7-5-8-21(22(20)28)17-26-14-10-25(18-26)11-15-27(16-12-25)23(30)31-24(2,3)4;1-16(24)23-12-3-6-17-4-2-5-18(19(17)23)14-22-13-9-20(15-22)7-10-21-11-8-20/h5,7-8H,6,9-18H2,1-4H3;2,4-5,21H,3,6-15H2,1H3. The Labute approximate surface area is 329 Å². The van der Waals surface area contributed by atoms with Gasteiger partial charge in [0.1, 0.15) is 5.60 Å². The number of para-hydroxylation sites is 2. The molecule has 2 aromatic rings. The fraction of sp³-hybridized carbons (Fsp3) is 0.667. The second kappa shape index (κ2) is 16.6. The number of amides is 3. The molecular weight excluding hydrogens is 689 g/mol. The Kier molecular flexibility index (Phi) is 12.0. The molecule has 4 fully saturated rings. The molecule has 2 spiro atoms. The molecule has 0 unspecified atom stereocenters. The highest BCUT2D eigenvalue weighted by Crippen LogP contribution is 2.43. The van der Waals surface area contributed by atoms with Crippen LogP contribution < -0.4 is 15.1 Å². The Hall–Kier alpha value is -3.47. The third kappa shape index (κ3) is 9.23. The molecule has 2 aromatic carbocycles. The maximum Gasteiger partial charge on any atom is 0.410 e. The number of anilines is 2. The number of fused-ring (bicyclic) bond motifs is 2. The lowest BCUT2D eigenvalue weighted by molar-refractivity contribution is -0.117. The molecule has 3 amide bonds. The Bertz CT molecular complexity index is 1710. The first-order valence-electron chi connectivity index (χ1n) is 21.2. The maximum absolute atomic E-state index is 12.4. The number of rotatable bonds is 4. The maximum atomic E-state index is 12.4. The zero-order valence-electron chi connectivity index (χ0n) is 34.4. The minimum atomic E-state index is -0.445. The van der Waals surface area contributed by atoms with Crippen LogP contribution in [0.5, 0.6) is 0 Å². The first kappa shape index (κ1) is 39.8. The van der Waals surface area contributed by atoms with Crippen molar-refractivity contribution in [2.24, 2.45) is 10.8 Å². The average Bonchev–Trinajstić information content (AvgIpc) is 3.73. The van der Waals surface area contributed by atoms with E-state index in [-0.39, 0.29) is 17.9 Å². The van der Waals surface area contributed by atoms with Gasteiger partial charge in [-0.15, -0.1) is 0 Å². The van der Waals surface area contributed by atoms with Crippen molar-refractivity contribution < 1.29 is 19.1 Å². The molecule has 0 radical (unpaired) electrons. The van der Waals surface area contributed by atoms with Gasteiger partial charge in [0, 0.05) is 66.2 Å². The van der Waals surface area contributed by atoms with Crippen molar-refractivity contribution >= 4 is 29.3 Å². The number of ether oxygens (including phenoxy) is 1. The number of hydrogen-bond donors (Lipinski definition) is 1. The van der Waals surface area contributed by atoms with Crippen molar-refractivity contribution in [1.82, 2.24) is 20.0 Å². The van der Waals surface area contributed by atoms with E-state index in [2.05, 4.69) is 51.5 Å². The van der Waals surface area contributed by atoms with Crippen molar-refractivity contribution in [3.05, 3.63) is 58.7 Å². The summed E-state index contributed by atoms with van der Waals surface area (Å²) in [6, 6.07) is 13.1. The number of hydrogen-bond acceptors (Lipinski definition) is 7. The van der Waals surface area contributed by atoms with E-state index >= 15 is 0 Å². The fourth-order valence-corrected chi connectivity index (χ4v) is 10.4. The summed E-state index contributed by atoms with van der Waals surface area (Å²) in [4.78, 5) is 47.8. The molecule has 1 N–H and O–H groups in total. The van der Waals surface area contributed by atoms with Gasteiger partial charge < -0.3 is 24.8 Å². The van der Waals surface area contributed by atoms with E-state index in [9.17, 15) is 14.4 Å². The van der Waals surface area contributed by atoms with Crippen LogP contribution in [-0.4, -0.2) is 104 Å². The topological polar surface area (TPSA) is 88.7 Å². The molecule has 0 atom stereocenters. The quantitative estimate of drug-likeness (QED) is 0.369. The van der Waals surface area contributed by atoms with Crippen molar-refractivity contribution in [2.75, 3.05) is 75.2 Å². The number of nitrogens with zero attached hydrogens (tertiary/aromatic N) is 5. The summed E-state index contributed by atoms with van der Waals surface area (Å²) in [5, 5.41) is 3.50. The van der Waals surface area contributed by atoms with E-state index in [1.54, 1.807) is 13.8 Å². The van der Waals surface area contributed by atoms with Gasteiger partial charge in [-0.05, 0) is 144 Å². The summed E-state index contributed by atoms with van der Waals surface area (Å²) >= 11 is 0. The van der Waals surface area contributed by atoms with Crippen LogP contribution in [0.4, 0.5) is 16.2 Å². The molecule has 55 heavy (non-hydrogen) atoms. The molecule has 6 aliphatic rings. The van der Waals surface area contributed by atoms with Gasteiger partial charge in [-0.3, -0.25) is 19.4 Å². The molecule has 10 heteroatoms. The molecule has 0 aromatic heterocycles. The van der Waals surface area contributed by atoms with Crippen molar-refractivity contribution in [2.45, 2.75) is 118 Å². The summed E-state index contributed by atoms with van der Waals surface area (Å²) in [5.74, 6) is 0.320. The molecule has 0 bridgehead atoms.